The van der Waals surface area contributed by atoms with Crippen LogP contribution in [0.1, 0.15) is 29.1 Å². The van der Waals surface area contributed by atoms with Crippen LogP contribution in [0.2, 0.25) is 0 Å². The fraction of sp³-hybridized carbons (Fsp3) is 0.318. The van der Waals surface area contributed by atoms with Gasteiger partial charge in [0, 0.05) is 43.5 Å². The third-order valence-corrected chi connectivity index (χ3v) is 5.00. The van der Waals surface area contributed by atoms with Gasteiger partial charge in [-0.05, 0) is 42.7 Å². The average Bonchev–Trinajstić information content (AvgIpc) is 3.15. The van der Waals surface area contributed by atoms with E-state index < -0.39 is 0 Å². The van der Waals surface area contributed by atoms with Gasteiger partial charge in [0.1, 0.15) is 0 Å². The topological polar surface area (TPSA) is 71.8 Å². The summed E-state index contributed by atoms with van der Waals surface area (Å²) in [6.45, 7) is 2.69. The van der Waals surface area contributed by atoms with Crippen LogP contribution in [-0.2, 0) is 37.1 Å². The third-order valence-electron chi connectivity index (χ3n) is 5.00. The van der Waals surface area contributed by atoms with Crippen molar-refractivity contribution in [3.8, 4) is 0 Å². The van der Waals surface area contributed by atoms with E-state index in [9.17, 15) is 4.79 Å². The van der Waals surface area contributed by atoms with Crippen molar-refractivity contribution >= 4 is 11.6 Å². The smallest absolute Gasteiger partial charge is 0.224 e. The van der Waals surface area contributed by atoms with E-state index in [1.54, 1.807) is 0 Å². The summed E-state index contributed by atoms with van der Waals surface area (Å²) in [4.78, 5) is 16.9. The molecule has 3 heterocycles. The molecule has 0 aliphatic carbocycles. The predicted octanol–water partition coefficient (Wildman–Crippen LogP) is 2.74. The fourth-order valence-electron chi connectivity index (χ4n) is 3.50. The van der Waals surface area contributed by atoms with E-state index in [1.165, 1.54) is 5.69 Å². The molecule has 1 aromatic carbocycles. The first-order valence-electron chi connectivity index (χ1n) is 9.82. The lowest BCUT2D eigenvalue weighted by molar-refractivity contribution is -0.116. The maximum absolute atomic E-state index is 12.5. The number of aryl methyl sites for hydroxylation is 3. The maximum Gasteiger partial charge on any atom is 0.224 e. The molecular formula is C22H25N5O. The molecule has 2 aromatic heterocycles. The number of anilines is 1. The van der Waals surface area contributed by atoms with Crippen molar-refractivity contribution < 1.29 is 4.79 Å². The minimum atomic E-state index is 0.0226. The zero-order valence-corrected chi connectivity index (χ0v) is 15.9. The monoisotopic (exact) mass is 375 g/mol. The Morgan fingerprint density at radius 3 is 2.82 bits per heavy atom. The molecule has 1 aliphatic heterocycles. The van der Waals surface area contributed by atoms with Crippen molar-refractivity contribution in [2.75, 3.05) is 11.9 Å². The molecular weight excluding hydrogens is 350 g/mol. The number of hydrogen-bond acceptors (Lipinski definition) is 4. The van der Waals surface area contributed by atoms with E-state index in [1.807, 2.05) is 47.3 Å². The lowest BCUT2D eigenvalue weighted by Crippen LogP contribution is -2.28. The fourth-order valence-corrected chi connectivity index (χ4v) is 3.50. The van der Waals surface area contributed by atoms with Gasteiger partial charge in [0.05, 0.1) is 17.9 Å². The van der Waals surface area contributed by atoms with Crippen molar-refractivity contribution in [3.63, 3.8) is 0 Å². The SMILES string of the molecule is O=C(CCc1cc2n(n1)CCNC2)Nc1ccccc1CCc1ccccn1. The molecule has 0 atom stereocenters. The second-order valence-corrected chi connectivity index (χ2v) is 7.05. The molecule has 1 aliphatic rings. The normalized spacial score (nSPS) is 13.1. The van der Waals surface area contributed by atoms with Crippen molar-refractivity contribution in [1.29, 1.82) is 0 Å². The number of carbonyl (C=O) groups excluding carboxylic acids is 1. The Morgan fingerprint density at radius 1 is 1.07 bits per heavy atom. The summed E-state index contributed by atoms with van der Waals surface area (Å²) >= 11 is 0. The molecule has 0 saturated heterocycles. The van der Waals surface area contributed by atoms with Gasteiger partial charge in [-0.3, -0.25) is 14.5 Å². The summed E-state index contributed by atoms with van der Waals surface area (Å²) in [5.74, 6) is 0.0226. The van der Waals surface area contributed by atoms with Gasteiger partial charge in [0.15, 0.2) is 0 Å². The zero-order chi connectivity index (χ0) is 19.2. The first-order chi connectivity index (χ1) is 13.8. The highest BCUT2D eigenvalue weighted by Gasteiger charge is 2.13. The van der Waals surface area contributed by atoms with Crippen LogP contribution in [0.25, 0.3) is 0 Å². The Morgan fingerprint density at radius 2 is 1.96 bits per heavy atom. The van der Waals surface area contributed by atoms with Crippen molar-refractivity contribution in [2.24, 2.45) is 0 Å². The number of amides is 1. The van der Waals surface area contributed by atoms with Crippen molar-refractivity contribution in [1.82, 2.24) is 20.1 Å². The second-order valence-electron chi connectivity index (χ2n) is 7.05. The highest BCUT2D eigenvalue weighted by atomic mass is 16.1. The summed E-state index contributed by atoms with van der Waals surface area (Å²) in [7, 11) is 0. The van der Waals surface area contributed by atoms with Crippen LogP contribution in [0, 0.1) is 0 Å². The summed E-state index contributed by atoms with van der Waals surface area (Å²) in [5.41, 5.74) is 5.25. The molecule has 4 rings (SSSR count). The number of aromatic nitrogens is 3. The van der Waals surface area contributed by atoms with Crippen LogP contribution in [0.4, 0.5) is 5.69 Å². The minimum Gasteiger partial charge on any atom is -0.326 e. The zero-order valence-electron chi connectivity index (χ0n) is 15.9. The standard InChI is InChI=1S/C22H25N5O/c28-22(11-10-19-15-20-16-23-13-14-27(20)26-19)25-21-7-2-1-5-17(21)8-9-18-6-3-4-12-24-18/h1-7,12,15,23H,8-11,13-14,16H2,(H,25,28). The third kappa shape index (κ3) is 4.64. The molecule has 0 fully saturated rings. The number of rotatable bonds is 7. The van der Waals surface area contributed by atoms with Gasteiger partial charge in [-0.25, -0.2) is 0 Å². The molecule has 1 amide bonds. The summed E-state index contributed by atoms with van der Waals surface area (Å²) in [5, 5.41) is 11.0. The number of benzene rings is 1. The van der Waals surface area contributed by atoms with Gasteiger partial charge in [0.2, 0.25) is 5.91 Å². The number of para-hydroxylation sites is 1. The molecule has 2 N–H and O–H groups in total. The molecule has 0 radical (unpaired) electrons. The Labute approximate surface area is 165 Å². The molecule has 144 valence electrons. The van der Waals surface area contributed by atoms with Gasteiger partial charge in [0.25, 0.3) is 0 Å². The van der Waals surface area contributed by atoms with Gasteiger partial charge in [-0.2, -0.15) is 5.10 Å². The van der Waals surface area contributed by atoms with Gasteiger partial charge < -0.3 is 10.6 Å². The molecule has 6 nitrogen and oxygen atoms in total. The molecule has 6 heteroatoms. The number of fused-ring (bicyclic) bond motifs is 1. The van der Waals surface area contributed by atoms with Gasteiger partial charge in [-0.1, -0.05) is 24.3 Å². The van der Waals surface area contributed by atoms with Crippen LogP contribution in [0.3, 0.4) is 0 Å². The van der Waals surface area contributed by atoms with E-state index in [0.29, 0.717) is 12.8 Å². The first-order valence-corrected chi connectivity index (χ1v) is 9.82. The van der Waals surface area contributed by atoms with E-state index in [0.717, 1.165) is 55.1 Å². The molecule has 3 aromatic rings. The number of carbonyl (C=O) groups is 1. The highest BCUT2D eigenvalue weighted by Crippen LogP contribution is 2.18. The Balaban J connectivity index is 1.33. The molecule has 0 bridgehead atoms. The van der Waals surface area contributed by atoms with Crippen LogP contribution in [0.5, 0.6) is 0 Å². The first kappa shape index (κ1) is 18.4. The quantitative estimate of drug-likeness (QED) is 0.666. The number of pyridine rings is 1. The average molecular weight is 375 g/mol. The van der Waals surface area contributed by atoms with Gasteiger partial charge >= 0.3 is 0 Å². The molecule has 0 spiro atoms. The molecule has 28 heavy (non-hydrogen) atoms. The predicted molar refractivity (Wildman–Crippen MR) is 109 cm³/mol. The molecule has 0 unspecified atom stereocenters. The van der Waals surface area contributed by atoms with Crippen LogP contribution in [0.15, 0.2) is 54.7 Å². The summed E-state index contributed by atoms with van der Waals surface area (Å²) in [6.07, 6.45) is 4.59. The largest absolute Gasteiger partial charge is 0.326 e. The Bertz CT molecular complexity index is 912. The van der Waals surface area contributed by atoms with E-state index in [4.69, 9.17) is 0 Å². The lowest BCUT2D eigenvalue weighted by Gasteiger charge is -2.13. The summed E-state index contributed by atoms with van der Waals surface area (Å²) in [6, 6.07) is 16.0. The van der Waals surface area contributed by atoms with E-state index in [2.05, 4.69) is 32.8 Å². The van der Waals surface area contributed by atoms with Crippen molar-refractivity contribution in [2.45, 2.75) is 38.8 Å². The summed E-state index contributed by atoms with van der Waals surface area (Å²) < 4.78 is 2.04. The van der Waals surface area contributed by atoms with E-state index in [-0.39, 0.29) is 5.91 Å². The van der Waals surface area contributed by atoms with E-state index >= 15 is 0 Å². The Hall–Kier alpha value is -2.99. The molecule has 0 saturated carbocycles. The van der Waals surface area contributed by atoms with Crippen LogP contribution in [-0.4, -0.2) is 27.2 Å². The van der Waals surface area contributed by atoms with Crippen LogP contribution >= 0.6 is 0 Å². The number of hydrogen-bond donors (Lipinski definition) is 2. The highest BCUT2D eigenvalue weighted by molar-refractivity contribution is 5.91. The maximum atomic E-state index is 12.5. The number of nitrogens with one attached hydrogen (secondary N) is 2. The van der Waals surface area contributed by atoms with Gasteiger partial charge in [-0.15, -0.1) is 0 Å². The van der Waals surface area contributed by atoms with Crippen molar-refractivity contribution in [3.05, 3.63) is 77.4 Å². The van der Waals surface area contributed by atoms with Crippen LogP contribution < -0.4 is 10.6 Å². The number of nitrogens with zero attached hydrogens (tertiary/aromatic N) is 3. The lowest BCUT2D eigenvalue weighted by atomic mass is 10.1. The second kappa shape index (κ2) is 8.80. The minimum absolute atomic E-state index is 0.0226. The Kier molecular flexibility index (Phi) is 5.77.